The second-order valence-electron chi connectivity index (χ2n) is 8.28. The van der Waals surface area contributed by atoms with Gasteiger partial charge in [0.05, 0.1) is 9.58 Å². The molecule has 7 nitrogen and oxygen atoms in total. The molecule has 3 aromatic rings. The number of fused-ring (bicyclic) bond motifs is 1. The highest BCUT2D eigenvalue weighted by Gasteiger charge is 2.36. The molecule has 0 bridgehead atoms. The molecule has 2 saturated heterocycles. The summed E-state index contributed by atoms with van der Waals surface area (Å²) in [6, 6.07) is 4.32. The SMILES string of the molecule is CN1CCC(Oc2cccc3c(SC(F)(F)F)c(-c4noc(C5CCC(=O)N5)n4)sc23)C(F)C1. The molecule has 13 heteroatoms. The number of rotatable bonds is 5. The van der Waals surface area contributed by atoms with E-state index in [9.17, 15) is 22.4 Å². The Balaban J connectivity index is 1.53. The molecule has 34 heavy (non-hydrogen) atoms. The predicted octanol–water partition coefficient (Wildman–Crippen LogP) is 4.94. The molecule has 2 fully saturated rings. The van der Waals surface area contributed by atoms with Crippen LogP contribution in [0.25, 0.3) is 20.8 Å². The minimum Gasteiger partial charge on any atom is -0.486 e. The summed E-state index contributed by atoms with van der Waals surface area (Å²) >= 11 is 0.779. The van der Waals surface area contributed by atoms with Gasteiger partial charge in [-0.3, -0.25) is 4.79 Å². The summed E-state index contributed by atoms with van der Waals surface area (Å²) in [5, 5.41) is 6.92. The molecule has 2 aromatic heterocycles. The highest BCUT2D eigenvalue weighted by Crippen LogP contribution is 2.51. The number of hydrogen-bond acceptors (Lipinski definition) is 8. The molecule has 0 aliphatic carbocycles. The number of carbonyl (C=O) groups is 1. The van der Waals surface area contributed by atoms with Crippen LogP contribution in [0.5, 0.6) is 5.75 Å². The fraction of sp³-hybridized carbons (Fsp3) is 0.476. The standard InChI is InChI=1S/C21H20F4N4O3S2/c1-29-8-7-13(11(22)9-29)31-14-4-2-3-10-16(14)33-18(17(10)34-21(23,24)25)19-27-20(32-28-19)12-5-6-15(30)26-12/h2-4,11-13H,5-9H2,1H3,(H,26,30). The zero-order chi connectivity index (χ0) is 24.0. The molecule has 1 aromatic carbocycles. The maximum Gasteiger partial charge on any atom is 0.446 e. The number of thiophene rings is 1. The van der Waals surface area contributed by atoms with E-state index in [4.69, 9.17) is 9.26 Å². The van der Waals surface area contributed by atoms with Crippen LogP contribution in [-0.2, 0) is 4.79 Å². The van der Waals surface area contributed by atoms with Crippen molar-refractivity contribution in [3.05, 3.63) is 24.1 Å². The number of aromatic nitrogens is 2. The first-order chi connectivity index (χ1) is 16.2. The van der Waals surface area contributed by atoms with Gasteiger partial charge in [-0.2, -0.15) is 18.2 Å². The number of ether oxygens (including phenoxy) is 1. The van der Waals surface area contributed by atoms with E-state index in [0.717, 1.165) is 11.3 Å². The maximum absolute atomic E-state index is 14.6. The fourth-order valence-corrected chi connectivity index (χ4v) is 6.21. The van der Waals surface area contributed by atoms with Gasteiger partial charge in [-0.1, -0.05) is 17.3 Å². The van der Waals surface area contributed by atoms with Crippen molar-refractivity contribution in [3.63, 3.8) is 0 Å². The second-order valence-corrected chi connectivity index (χ2v) is 10.4. The Labute approximate surface area is 199 Å². The van der Waals surface area contributed by atoms with Crippen LogP contribution in [-0.4, -0.2) is 58.9 Å². The third-order valence-electron chi connectivity index (χ3n) is 5.75. The first-order valence-electron chi connectivity index (χ1n) is 10.6. The zero-order valence-electron chi connectivity index (χ0n) is 17.9. The molecule has 5 rings (SSSR count). The molecular weight excluding hydrogens is 496 g/mol. The molecule has 0 spiro atoms. The third-order valence-corrected chi connectivity index (χ3v) is 7.96. The Morgan fingerprint density at radius 2 is 2.15 bits per heavy atom. The van der Waals surface area contributed by atoms with E-state index in [0.29, 0.717) is 41.6 Å². The first-order valence-corrected chi connectivity index (χ1v) is 12.2. The summed E-state index contributed by atoms with van der Waals surface area (Å²) in [6.45, 7) is 0.893. The quantitative estimate of drug-likeness (QED) is 0.380. The molecule has 182 valence electrons. The van der Waals surface area contributed by atoms with Crippen molar-refractivity contribution in [3.8, 4) is 16.5 Å². The van der Waals surface area contributed by atoms with Gasteiger partial charge < -0.3 is 19.5 Å². The van der Waals surface area contributed by atoms with Gasteiger partial charge in [0.25, 0.3) is 0 Å². The lowest BCUT2D eigenvalue weighted by Gasteiger charge is -2.32. The Bertz CT molecular complexity index is 1210. The molecule has 0 radical (unpaired) electrons. The number of alkyl halides is 4. The van der Waals surface area contributed by atoms with E-state index >= 15 is 0 Å². The Morgan fingerprint density at radius 1 is 1.32 bits per heavy atom. The molecule has 1 amide bonds. The summed E-state index contributed by atoms with van der Waals surface area (Å²) < 4.78 is 66.6. The van der Waals surface area contributed by atoms with Gasteiger partial charge in [0.15, 0.2) is 0 Å². The van der Waals surface area contributed by atoms with Crippen molar-refractivity contribution >= 4 is 39.1 Å². The van der Waals surface area contributed by atoms with Crippen LogP contribution in [0.2, 0.25) is 0 Å². The average Bonchev–Trinajstić information content (AvgIpc) is 3.48. The van der Waals surface area contributed by atoms with Crippen molar-refractivity contribution in [1.29, 1.82) is 0 Å². The topological polar surface area (TPSA) is 80.5 Å². The number of nitrogens with zero attached hydrogens (tertiary/aromatic N) is 3. The Kier molecular flexibility index (Phi) is 6.19. The predicted molar refractivity (Wildman–Crippen MR) is 119 cm³/mol. The van der Waals surface area contributed by atoms with E-state index in [2.05, 4.69) is 15.5 Å². The highest BCUT2D eigenvalue weighted by molar-refractivity contribution is 8.00. The highest BCUT2D eigenvalue weighted by atomic mass is 32.2. The smallest absolute Gasteiger partial charge is 0.446 e. The monoisotopic (exact) mass is 516 g/mol. The van der Waals surface area contributed by atoms with E-state index in [1.807, 2.05) is 11.9 Å². The molecule has 2 aliphatic rings. The summed E-state index contributed by atoms with van der Waals surface area (Å²) in [5.41, 5.74) is -4.55. The lowest BCUT2D eigenvalue weighted by molar-refractivity contribution is -0.119. The van der Waals surface area contributed by atoms with Crippen LogP contribution in [0.15, 0.2) is 27.6 Å². The van der Waals surface area contributed by atoms with Gasteiger partial charge >= 0.3 is 5.51 Å². The van der Waals surface area contributed by atoms with Crippen molar-refractivity contribution in [1.82, 2.24) is 20.4 Å². The van der Waals surface area contributed by atoms with Crippen LogP contribution in [0.4, 0.5) is 17.6 Å². The number of piperidine rings is 1. The number of thioether (sulfide) groups is 1. The molecule has 3 atom stereocenters. The number of amides is 1. The van der Waals surface area contributed by atoms with Gasteiger partial charge in [0.2, 0.25) is 17.6 Å². The molecule has 4 heterocycles. The maximum atomic E-state index is 14.6. The minimum atomic E-state index is -4.55. The largest absolute Gasteiger partial charge is 0.486 e. The number of hydrogen-bond donors (Lipinski definition) is 1. The lowest BCUT2D eigenvalue weighted by Crippen LogP contribution is -2.45. The summed E-state index contributed by atoms with van der Waals surface area (Å²) in [7, 11) is 1.83. The second kappa shape index (κ2) is 9.00. The number of halogens is 4. The number of benzene rings is 1. The fourth-order valence-electron chi connectivity index (χ4n) is 4.13. The van der Waals surface area contributed by atoms with E-state index < -0.39 is 23.8 Å². The van der Waals surface area contributed by atoms with Crippen molar-refractivity contribution < 1.29 is 31.6 Å². The first kappa shape index (κ1) is 23.4. The minimum absolute atomic E-state index is 0.00212. The van der Waals surface area contributed by atoms with Gasteiger partial charge in [0, 0.05) is 29.8 Å². The Morgan fingerprint density at radius 3 is 2.85 bits per heavy atom. The van der Waals surface area contributed by atoms with E-state index in [-0.39, 0.29) is 45.7 Å². The van der Waals surface area contributed by atoms with Crippen LogP contribution >= 0.6 is 23.1 Å². The number of nitrogens with one attached hydrogen (secondary N) is 1. The Hall–Kier alpha value is -2.38. The number of carbonyl (C=O) groups excluding carboxylic acids is 1. The van der Waals surface area contributed by atoms with Crippen molar-refractivity contribution in [2.45, 2.75) is 48.0 Å². The van der Waals surface area contributed by atoms with Crippen molar-refractivity contribution in [2.24, 2.45) is 0 Å². The average molecular weight is 517 g/mol. The molecule has 0 saturated carbocycles. The lowest BCUT2D eigenvalue weighted by atomic mass is 10.1. The summed E-state index contributed by atoms with van der Waals surface area (Å²) in [5.74, 6) is 0.311. The van der Waals surface area contributed by atoms with Gasteiger partial charge in [-0.05, 0) is 37.7 Å². The van der Waals surface area contributed by atoms with E-state index in [1.165, 1.54) is 0 Å². The molecule has 3 unspecified atom stereocenters. The zero-order valence-corrected chi connectivity index (χ0v) is 19.5. The summed E-state index contributed by atoms with van der Waals surface area (Å²) in [4.78, 5) is 17.8. The van der Waals surface area contributed by atoms with Crippen LogP contribution in [0.1, 0.15) is 31.2 Å². The molecule has 1 N–H and O–H groups in total. The van der Waals surface area contributed by atoms with E-state index in [1.54, 1.807) is 18.2 Å². The molecular formula is C21H20F4N4O3S2. The van der Waals surface area contributed by atoms with Crippen LogP contribution in [0.3, 0.4) is 0 Å². The van der Waals surface area contributed by atoms with Gasteiger partial charge in [-0.25, -0.2) is 4.39 Å². The third kappa shape index (κ3) is 4.73. The van der Waals surface area contributed by atoms with Crippen LogP contribution in [0, 0.1) is 0 Å². The normalized spacial score (nSPS) is 24.0. The van der Waals surface area contributed by atoms with Gasteiger partial charge in [0.1, 0.15) is 24.1 Å². The van der Waals surface area contributed by atoms with Gasteiger partial charge in [-0.15, -0.1) is 11.3 Å². The molecule has 2 aliphatic heterocycles. The van der Waals surface area contributed by atoms with Crippen molar-refractivity contribution in [2.75, 3.05) is 20.1 Å². The summed E-state index contributed by atoms with van der Waals surface area (Å²) in [6.07, 6.45) is -0.644. The number of likely N-dealkylation sites (tertiary alicyclic amines) is 1. The van der Waals surface area contributed by atoms with Crippen LogP contribution < -0.4 is 10.1 Å².